The molecule has 0 aromatic rings. The van der Waals surface area contributed by atoms with Gasteiger partial charge in [-0.2, -0.15) is 0 Å². The fourth-order valence-corrected chi connectivity index (χ4v) is 14.5. The van der Waals surface area contributed by atoms with Gasteiger partial charge < -0.3 is 41.7 Å². The number of aliphatic carboxylic acids is 4. The highest BCUT2D eigenvalue weighted by atomic mass is 16.4. The monoisotopic (exact) mass is 791 g/mol. The van der Waals surface area contributed by atoms with Gasteiger partial charge in [-0.1, -0.05) is 0 Å². The van der Waals surface area contributed by atoms with E-state index in [1.54, 1.807) is 0 Å². The lowest BCUT2D eigenvalue weighted by atomic mass is 9.42. The van der Waals surface area contributed by atoms with Crippen molar-refractivity contribution in [3.8, 4) is 0 Å². The summed E-state index contributed by atoms with van der Waals surface area (Å²) >= 11 is 0. The maximum atomic E-state index is 14.9. The highest BCUT2D eigenvalue weighted by Gasteiger charge is 2.73. The average molecular weight is 791 g/mol. The van der Waals surface area contributed by atoms with Gasteiger partial charge in [0.1, 0.15) is 0 Å². The van der Waals surface area contributed by atoms with Crippen molar-refractivity contribution < 1.29 is 39.6 Å². The molecule has 0 saturated carbocycles. The molecule has 8 N–H and O–H groups in total. The molecule has 0 spiro atoms. The number of rotatable bonds is 11. The Labute approximate surface area is 336 Å². The zero-order valence-corrected chi connectivity index (χ0v) is 37.5. The Hall–Kier alpha value is -2.28. The van der Waals surface area contributed by atoms with Crippen LogP contribution in [0.2, 0.25) is 0 Å². The Morgan fingerprint density at radius 1 is 0.375 bits per heavy atom. The van der Waals surface area contributed by atoms with Crippen LogP contribution in [0.25, 0.3) is 0 Å². The van der Waals surface area contributed by atoms with Crippen LogP contribution in [0.4, 0.5) is 0 Å². The second kappa shape index (κ2) is 14.2. The third kappa shape index (κ3) is 8.98. The van der Waals surface area contributed by atoms with Gasteiger partial charge >= 0.3 is 23.9 Å². The predicted molar refractivity (Wildman–Crippen MR) is 218 cm³/mol. The Kier molecular flexibility index (Phi) is 11.8. The van der Waals surface area contributed by atoms with Crippen LogP contribution >= 0.6 is 0 Å². The second-order valence-corrected chi connectivity index (χ2v) is 24.1. The largest absolute Gasteiger partial charge is 0.481 e. The molecule has 0 amide bonds. The lowest BCUT2D eigenvalue weighted by molar-refractivity contribution is -0.212. The van der Waals surface area contributed by atoms with Crippen LogP contribution in [0, 0.1) is 46.3 Å². The van der Waals surface area contributed by atoms with Gasteiger partial charge in [0.2, 0.25) is 0 Å². The second-order valence-electron chi connectivity index (χ2n) is 24.1. The molecule has 0 aliphatic carbocycles. The van der Waals surface area contributed by atoms with Gasteiger partial charge in [0.05, 0.1) is 22.7 Å². The van der Waals surface area contributed by atoms with Crippen molar-refractivity contribution in [3.05, 3.63) is 0 Å². The Bertz CT molecular complexity index is 1300. The van der Waals surface area contributed by atoms with Crippen molar-refractivity contribution in [3.63, 3.8) is 0 Å². The van der Waals surface area contributed by atoms with Crippen molar-refractivity contribution in [2.24, 2.45) is 46.3 Å². The number of carboxylic acids is 4. The molecule has 0 aromatic carbocycles. The van der Waals surface area contributed by atoms with Crippen molar-refractivity contribution in [2.75, 3.05) is 0 Å². The number of carboxylic acid groups (broad SMARTS) is 4. The van der Waals surface area contributed by atoms with Gasteiger partial charge in [-0.3, -0.25) is 19.2 Å². The Balaban J connectivity index is 2.25. The van der Waals surface area contributed by atoms with E-state index in [-0.39, 0.29) is 51.4 Å². The first-order valence-electron chi connectivity index (χ1n) is 20.9. The van der Waals surface area contributed by atoms with Crippen LogP contribution in [0.3, 0.4) is 0 Å². The number of hydrogen-bond donors (Lipinski definition) is 8. The summed E-state index contributed by atoms with van der Waals surface area (Å²) < 4.78 is 0. The van der Waals surface area contributed by atoms with Crippen molar-refractivity contribution >= 4 is 23.9 Å². The molecule has 4 aliphatic heterocycles. The maximum absolute atomic E-state index is 14.9. The van der Waals surface area contributed by atoms with Crippen LogP contribution in [-0.4, -0.2) is 88.6 Å². The molecule has 322 valence electrons. The normalized spacial score (nSPS) is 28.8. The quantitative estimate of drug-likeness (QED) is 0.110. The SMILES string of the molecule is CC1(C)CC(C(C(=O)O)(C2CC(C)(C)NC(C)(C)C2)C(C(=O)O)C(C(=O)O)C(C(=O)O)(C2CC(C)(C)NC(C)(C)C2)C2CC(C)(C)NC(C)(C)C2)CC(C)(C)N1. The van der Waals surface area contributed by atoms with Crippen molar-refractivity contribution in [1.82, 2.24) is 21.3 Å². The molecular weight excluding hydrogens is 713 g/mol. The Morgan fingerprint density at radius 3 is 0.625 bits per heavy atom. The molecule has 4 heterocycles. The summed E-state index contributed by atoms with van der Waals surface area (Å²) in [6.07, 6.45) is 2.15. The van der Waals surface area contributed by atoms with E-state index < -0.39 is 115 Å². The van der Waals surface area contributed by atoms with Crippen molar-refractivity contribution in [2.45, 2.75) is 206 Å². The van der Waals surface area contributed by atoms with Gasteiger partial charge in [-0.05, 0) is 186 Å². The molecule has 56 heavy (non-hydrogen) atoms. The topological polar surface area (TPSA) is 197 Å². The average Bonchev–Trinajstić information content (AvgIpc) is 2.87. The third-order valence-corrected chi connectivity index (χ3v) is 14.1. The highest BCUT2D eigenvalue weighted by molar-refractivity contribution is 5.92. The van der Waals surface area contributed by atoms with Gasteiger partial charge in [-0.25, -0.2) is 0 Å². The lowest BCUT2D eigenvalue weighted by Gasteiger charge is -2.62. The van der Waals surface area contributed by atoms with E-state index in [0.717, 1.165) is 0 Å². The van der Waals surface area contributed by atoms with Crippen LogP contribution in [-0.2, 0) is 19.2 Å². The lowest BCUT2D eigenvalue weighted by Crippen LogP contribution is -2.72. The van der Waals surface area contributed by atoms with Crippen molar-refractivity contribution in [1.29, 1.82) is 0 Å². The number of piperidine rings is 4. The van der Waals surface area contributed by atoms with Gasteiger partial charge in [0.15, 0.2) is 0 Å². The molecule has 0 bridgehead atoms. The van der Waals surface area contributed by atoms with Crippen LogP contribution in [0.1, 0.15) is 162 Å². The smallest absolute Gasteiger partial charge is 0.311 e. The standard InChI is InChI=1S/C44H78N4O8/c1-35(2)17-25(18-36(3,4)45-35)43(33(53)54,26-19-37(5,6)46-38(7,8)20-26)29(31(49)50)30(32(51)52)44(34(55)56,27-21-39(9,10)47-40(11,12)22-27)28-23-41(13,14)48-42(15,16)24-28/h25-30,45-48H,17-24H2,1-16H3,(H,49,50)(H,51,52)(H,53,54)(H,55,56). The summed E-state index contributed by atoms with van der Waals surface area (Å²) in [5, 5.41) is 62.7. The van der Waals surface area contributed by atoms with E-state index in [1.807, 2.05) is 111 Å². The molecule has 4 aliphatic rings. The minimum Gasteiger partial charge on any atom is -0.481 e. The zero-order chi connectivity index (χ0) is 43.3. The molecule has 12 nitrogen and oxygen atoms in total. The van der Waals surface area contributed by atoms with E-state index in [4.69, 9.17) is 0 Å². The fourth-order valence-electron chi connectivity index (χ4n) is 14.5. The van der Waals surface area contributed by atoms with Gasteiger partial charge in [-0.15, -0.1) is 0 Å². The summed E-state index contributed by atoms with van der Waals surface area (Å²) in [7, 11) is 0. The summed E-state index contributed by atoms with van der Waals surface area (Å²) in [5.41, 5.74) is -9.42. The first-order chi connectivity index (χ1) is 24.9. The van der Waals surface area contributed by atoms with E-state index in [2.05, 4.69) is 21.3 Å². The van der Waals surface area contributed by atoms with E-state index in [1.165, 1.54) is 0 Å². The fraction of sp³-hybridized carbons (Fsp3) is 0.909. The minimum atomic E-state index is -2.17. The van der Waals surface area contributed by atoms with Gasteiger partial charge in [0, 0.05) is 44.3 Å². The molecule has 2 unspecified atom stereocenters. The number of carbonyl (C=O) groups is 4. The number of nitrogens with one attached hydrogen (secondary N) is 4. The molecule has 4 saturated heterocycles. The highest BCUT2D eigenvalue weighted by Crippen LogP contribution is 2.65. The molecule has 0 aromatic heterocycles. The van der Waals surface area contributed by atoms with Crippen LogP contribution in [0.5, 0.6) is 0 Å². The number of hydrogen-bond acceptors (Lipinski definition) is 8. The Morgan fingerprint density at radius 2 is 0.518 bits per heavy atom. The maximum Gasteiger partial charge on any atom is 0.311 e. The molecule has 2 atom stereocenters. The predicted octanol–water partition coefficient (Wildman–Crippen LogP) is 6.76. The summed E-state index contributed by atoms with van der Waals surface area (Å²) in [4.78, 5) is 59.3. The molecule has 0 radical (unpaired) electrons. The first-order valence-corrected chi connectivity index (χ1v) is 20.9. The molecule has 12 heteroatoms. The van der Waals surface area contributed by atoms with E-state index in [0.29, 0.717) is 0 Å². The van der Waals surface area contributed by atoms with Crippen LogP contribution < -0.4 is 21.3 Å². The molecule has 4 fully saturated rings. The summed E-state index contributed by atoms with van der Waals surface area (Å²) in [6.45, 7) is 31.7. The molecule has 4 rings (SSSR count). The minimum absolute atomic E-state index is 0.268. The molecular formula is C44H78N4O8. The van der Waals surface area contributed by atoms with Gasteiger partial charge in [0.25, 0.3) is 0 Å². The summed E-state index contributed by atoms with van der Waals surface area (Å²) in [5.74, 6) is -13.2. The zero-order valence-electron chi connectivity index (χ0n) is 37.5. The third-order valence-electron chi connectivity index (χ3n) is 14.1. The van der Waals surface area contributed by atoms with E-state index >= 15 is 0 Å². The van der Waals surface area contributed by atoms with E-state index in [9.17, 15) is 39.6 Å². The van der Waals surface area contributed by atoms with Crippen LogP contribution in [0.15, 0.2) is 0 Å². The first kappa shape index (κ1) is 46.4. The summed E-state index contributed by atoms with van der Waals surface area (Å²) in [6, 6.07) is 0.